The first-order valence-corrected chi connectivity index (χ1v) is 6.18. The van der Waals surface area contributed by atoms with Gasteiger partial charge in [0.05, 0.1) is 0 Å². The Bertz CT molecular complexity index is 608. The summed E-state index contributed by atoms with van der Waals surface area (Å²) in [4.78, 5) is 0. The van der Waals surface area contributed by atoms with Crippen LogP contribution in [0.5, 0.6) is 5.75 Å². The molecule has 0 atom stereocenters. The van der Waals surface area contributed by atoms with Gasteiger partial charge in [0, 0.05) is 12.2 Å². The summed E-state index contributed by atoms with van der Waals surface area (Å²) < 4.78 is 53.2. The van der Waals surface area contributed by atoms with E-state index in [4.69, 9.17) is 0 Å². The fourth-order valence-electron chi connectivity index (χ4n) is 1.72. The molecule has 0 amide bonds. The number of ether oxygens (including phenoxy) is 1. The average molecular weight is 299 g/mol. The van der Waals surface area contributed by atoms with Crippen LogP contribution >= 0.6 is 0 Å². The Balaban J connectivity index is 1.96. The zero-order valence-electron chi connectivity index (χ0n) is 11.2. The van der Waals surface area contributed by atoms with Gasteiger partial charge in [0.25, 0.3) is 0 Å². The normalized spacial score (nSPS) is 11.3. The summed E-state index contributed by atoms with van der Waals surface area (Å²) in [6, 6.07) is 10.2. The van der Waals surface area contributed by atoms with Crippen molar-refractivity contribution >= 4 is 5.69 Å². The van der Waals surface area contributed by atoms with Crippen molar-refractivity contribution in [1.29, 1.82) is 0 Å². The highest BCUT2D eigenvalue weighted by Gasteiger charge is 2.30. The van der Waals surface area contributed by atoms with Gasteiger partial charge in [-0.3, -0.25) is 0 Å². The quantitative estimate of drug-likeness (QED) is 0.830. The summed E-state index contributed by atoms with van der Waals surface area (Å²) in [7, 11) is 0. The number of hydrogen-bond acceptors (Lipinski definition) is 2. The monoisotopic (exact) mass is 299 g/mol. The number of benzene rings is 2. The number of hydrogen-bond donors (Lipinski definition) is 1. The molecule has 0 saturated heterocycles. The molecule has 2 nitrogen and oxygen atoms in total. The molecule has 0 bridgehead atoms. The van der Waals surface area contributed by atoms with Gasteiger partial charge in [-0.05, 0) is 48.4 Å². The first-order chi connectivity index (χ1) is 9.83. The van der Waals surface area contributed by atoms with Gasteiger partial charge in [-0.1, -0.05) is 12.1 Å². The SMILES string of the molecule is Cc1ccc(CNc2ccc(OC(F)(F)F)cc2)cc1F. The Morgan fingerprint density at radius 2 is 1.71 bits per heavy atom. The lowest BCUT2D eigenvalue weighted by molar-refractivity contribution is -0.274. The number of alkyl halides is 3. The van der Waals surface area contributed by atoms with Gasteiger partial charge in [0.2, 0.25) is 0 Å². The molecular formula is C15H13F4NO. The minimum atomic E-state index is -4.70. The fourth-order valence-corrected chi connectivity index (χ4v) is 1.72. The van der Waals surface area contributed by atoms with Crippen LogP contribution in [0.15, 0.2) is 42.5 Å². The summed E-state index contributed by atoms with van der Waals surface area (Å²) in [6.45, 7) is 2.04. The molecule has 0 aliphatic carbocycles. The number of aryl methyl sites for hydroxylation is 1. The van der Waals surface area contributed by atoms with Gasteiger partial charge >= 0.3 is 6.36 Å². The van der Waals surface area contributed by atoms with Crippen molar-refractivity contribution in [1.82, 2.24) is 0 Å². The predicted octanol–water partition coefficient (Wildman–Crippen LogP) is 4.64. The smallest absolute Gasteiger partial charge is 0.406 e. The highest BCUT2D eigenvalue weighted by atomic mass is 19.4. The molecule has 0 fully saturated rings. The summed E-state index contributed by atoms with van der Waals surface area (Å²) in [5.41, 5.74) is 1.92. The van der Waals surface area contributed by atoms with E-state index in [9.17, 15) is 17.6 Å². The first kappa shape index (κ1) is 15.2. The Morgan fingerprint density at radius 3 is 2.29 bits per heavy atom. The zero-order valence-corrected chi connectivity index (χ0v) is 11.2. The first-order valence-electron chi connectivity index (χ1n) is 6.18. The summed E-state index contributed by atoms with van der Waals surface area (Å²) in [5, 5.41) is 2.99. The molecule has 0 unspecified atom stereocenters. The van der Waals surface area contributed by atoms with Crippen molar-refractivity contribution in [3.05, 3.63) is 59.4 Å². The van der Waals surface area contributed by atoms with Crippen LogP contribution in [0.4, 0.5) is 23.2 Å². The van der Waals surface area contributed by atoms with E-state index in [2.05, 4.69) is 10.1 Å². The number of halogens is 4. The lowest BCUT2D eigenvalue weighted by atomic mass is 10.1. The molecule has 6 heteroatoms. The Labute approximate surface area is 119 Å². The second kappa shape index (κ2) is 6.03. The molecule has 0 saturated carbocycles. The van der Waals surface area contributed by atoms with Crippen molar-refractivity contribution in [2.24, 2.45) is 0 Å². The molecule has 2 rings (SSSR count). The number of anilines is 1. The maximum atomic E-state index is 13.4. The molecule has 0 aromatic heterocycles. The van der Waals surface area contributed by atoms with Gasteiger partial charge in [-0.15, -0.1) is 13.2 Å². The van der Waals surface area contributed by atoms with E-state index in [-0.39, 0.29) is 11.6 Å². The van der Waals surface area contributed by atoms with Crippen LogP contribution in [0.2, 0.25) is 0 Å². The van der Waals surface area contributed by atoms with Crippen molar-refractivity contribution in [3.8, 4) is 5.75 Å². The van der Waals surface area contributed by atoms with Crippen molar-refractivity contribution in [2.75, 3.05) is 5.32 Å². The maximum absolute atomic E-state index is 13.4. The predicted molar refractivity (Wildman–Crippen MR) is 71.6 cm³/mol. The van der Waals surface area contributed by atoms with Gasteiger partial charge in [0.15, 0.2) is 0 Å². The van der Waals surface area contributed by atoms with Crippen molar-refractivity contribution in [2.45, 2.75) is 19.8 Å². The molecule has 1 N–H and O–H groups in total. The zero-order chi connectivity index (χ0) is 15.5. The molecule has 21 heavy (non-hydrogen) atoms. The third kappa shape index (κ3) is 4.66. The van der Waals surface area contributed by atoms with E-state index in [1.165, 1.54) is 30.3 Å². The van der Waals surface area contributed by atoms with Crippen LogP contribution in [-0.2, 0) is 6.54 Å². The average Bonchev–Trinajstić information content (AvgIpc) is 2.40. The van der Waals surface area contributed by atoms with Crippen molar-refractivity contribution in [3.63, 3.8) is 0 Å². The molecule has 0 heterocycles. The van der Waals surface area contributed by atoms with Crippen LogP contribution in [0.1, 0.15) is 11.1 Å². The third-order valence-corrected chi connectivity index (χ3v) is 2.82. The molecule has 112 valence electrons. The van der Waals surface area contributed by atoms with Crippen LogP contribution in [0.3, 0.4) is 0 Å². The summed E-state index contributed by atoms with van der Waals surface area (Å²) in [5.74, 6) is -0.572. The highest BCUT2D eigenvalue weighted by Crippen LogP contribution is 2.24. The fraction of sp³-hybridized carbons (Fsp3) is 0.200. The third-order valence-electron chi connectivity index (χ3n) is 2.82. The summed E-state index contributed by atoms with van der Waals surface area (Å²) >= 11 is 0. The Morgan fingerprint density at radius 1 is 1.05 bits per heavy atom. The summed E-state index contributed by atoms with van der Waals surface area (Å²) in [6.07, 6.45) is -4.70. The standard InChI is InChI=1S/C15H13F4NO/c1-10-2-3-11(8-14(10)16)9-20-12-4-6-13(7-5-12)21-15(17,18)19/h2-8,20H,9H2,1H3. The minimum Gasteiger partial charge on any atom is -0.406 e. The molecule has 2 aromatic rings. The second-order valence-corrected chi connectivity index (χ2v) is 4.51. The van der Waals surface area contributed by atoms with Gasteiger partial charge in [0.1, 0.15) is 11.6 Å². The second-order valence-electron chi connectivity index (χ2n) is 4.51. The Kier molecular flexibility index (Phi) is 4.35. The van der Waals surface area contributed by atoms with Crippen LogP contribution in [0.25, 0.3) is 0 Å². The van der Waals surface area contributed by atoms with Gasteiger partial charge in [-0.2, -0.15) is 0 Å². The molecule has 0 aliphatic heterocycles. The topological polar surface area (TPSA) is 21.3 Å². The van der Waals surface area contributed by atoms with E-state index < -0.39 is 6.36 Å². The van der Waals surface area contributed by atoms with E-state index in [0.29, 0.717) is 17.8 Å². The molecule has 0 spiro atoms. The van der Waals surface area contributed by atoms with E-state index in [0.717, 1.165) is 5.56 Å². The van der Waals surface area contributed by atoms with E-state index >= 15 is 0 Å². The molecule has 0 radical (unpaired) electrons. The Hall–Kier alpha value is -2.24. The van der Waals surface area contributed by atoms with Crippen molar-refractivity contribution < 1.29 is 22.3 Å². The van der Waals surface area contributed by atoms with Gasteiger partial charge in [-0.25, -0.2) is 4.39 Å². The molecular weight excluding hydrogens is 286 g/mol. The maximum Gasteiger partial charge on any atom is 0.573 e. The molecule has 2 aromatic carbocycles. The minimum absolute atomic E-state index is 0.283. The largest absolute Gasteiger partial charge is 0.573 e. The van der Waals surface area contributed by atoms with Gasteiger partial charge < -0.3 is 10.1 Å². The van der Waals surface area contributed by atoms with E-state index in [1.807, 2.05) is 0 Å². The van der Waals surface area contributed by atoms with E-state index in [1.54, 1.807) is 19.1 Å². The number of rotatable bonds is 4. The highest BCUT2D eigenvalue weighted by molar-refractivity contribution is 5.47. The molecule has 0 aliphatic rings. The van der Waals surface area contributed by atoms with Crippen LogP contribution in [0, 0.1) is 12.7 Å². The van der Waals surface area contributed by atoms with Crippen LogP contribution in [-0.4, -0.2) is 6.36 Å². The lowest BCUT2D eigenvalue weighted by Crippen LogP contribution is -2.17. The van der Waals surface area contributed by atoms with Crippen LogP contribution < -0.4 is 10.1 Å². The number of nitrogens with one attached hydrogen (secondary N) is 1. The lowest BCUT2D eigenvalue weighted by Gasteiger charge is -2.10.